The molecular weight excluding hydrogens is 543 g/mol. The molecule has 0 unspecified atom stereocenters. The lowest BCUT2D eigenvalue weighted by atomic mass is 10.2. The van der Waals surface area contributed by atoms with Gasteiger partial charge in [0.05, 0.1) is 0 Å². The maximum absolute atomic E-state index is 12.5. The maximum atomic E-state index is 12.5. The third kappa shape index (κ3) is 11.9. The van der Waals surface area contributed by atoms with Gasteiger partial charge in [-0.25, -0.2) is 19.4 Å². The van der Waals surface area contributed by atoms with Crippen LogP contribution < -0.4 is 10.2 Å². The first-order chi connectivity index (χ1) is 14.0. The van der Waals surface area contributed by atoms with Gasteiger partial charge in [-0.05, 0) is 26.8 Å². The first-order valence-electron chi connectivity index (χ1n) is 8.20. The number of pyridine rings is 1. The number of hydrogen-bond donors (Lipinski definition) is 1. The molecule has 0 spiro atoms. The Bertz CT molecular complexity index is 776. The third-order valence-electron chi connectivity index (χ3n) is 2.70. The second kappa shape index (κ2) is 11.2. The quantitative estimate of drug-likeness (QED) is 0.343. The monoisotopic (exact) mass is 557 g/mol. The summed E-state index contributed by atoms with van der Waals surface area (Å²) in [7, 11) is 0. The van der Waals surface area contributed by atoms with Crippen LogP contribution in [0.15, 0.2) is 18.3 Å². The molecule has 174 valence electrons. The molecule has 1 heterocycles. The van der Waals surface area contributed by atoms with Crippen LogP contribution in [0.25, 0.3) is 0 Å². The lowest BCUT2D eigenvalue weighted by molar-refractivity contribution is 0.0636. The Morgan fingerprint density at radius 1 is 0.968 bits per heavy atom. The molecular formula is C16H17Cl6N3O6. The van der Waals surface area contributed by atoms with Crippen LogP contribution in [0.2, 0.25) is 0 Å². The SMILES string of the molecule is CC(C)(C)OC(=O)Nc1ccnc(N(C(=O)OCC(Cl)(Cl)Cl)C(=O)OCC(Cl)(Cl)Cl)c1. The number of imide groups is 1. The molecule has 0 aromatic carbocycles. The standard InChI is InChI=1S/C16H17Cl6N3O6/c1-14(2,3)31-11(26)24-9-4-5-23-10(6-9)25(12(27)29-7-15(17,18)19)13(28)30-8-16(20,21)22/h4-6H,7-8H2,1-3H3,(H,23,24,26). The van der Waals surface area contributed by atoms with Gasteiger partial charge in [0.2, 0.25) is 7.59 Å². The fraction of sp³-hybridized carbons (Fsp3) is 0.500. The number of hydrogen-bond acceptors (Lipinski definition) is 7. The molecule has 15 heteroatoms. The van der Waals surface area contributed by atoms with Crippen molar-refractivity contribution in [3.8, 4) is 0 Å². The number of ether oxygens (including phenoxy) is 3. The summed E-state index contributed by atoms with van der Waals surface area (Å²) >= 11 is 33.3. The summed E-state index contributed by atoms with van der Waals surface area (Å²) < 4.78 is 10.8. The van der Waals surface area contributed by atoms with E-state index in [9.17, 15) is 14.4 Å². The highest BCUT2D eigenvalue weighted by molar-refractivity contribution is 6.68. The average molecular weight is 560 g/mol. The van der Waals surface area contributed by atoms with Crippen molar-refractivity contribution >= 4 is 99.4 Å². The van der Waals surface area contributed by atoms with Crippen LogP contribution in [-0.4, -0.2) is 49.7 Å². The zero-order valence-corrected chi connectivity index (χ0v) is 20.8. The van der Waals surface area contributed by atoms with Crippen LogP contribution in [0, 0.1) is 0 Å². The molecule has 0 aliphatic heterocycles. The average Bonchev–Trinajstić information content (AvgIpc) is 2.56. The smallest absolute Gasteiger partial charge is 0.425 e. The summed E-state index contributed by atoms with van der Waals surface area (Å²) in [6.07, 6.45) is -2.20. The fourth-order valence-electron chi connectivity index (χ4n) is 1.72. The zero-order chi connectivity index (χ0) is 24.0. The number of anilines is 2. The van der Waals surface area contributed by atoms with E-state index in [2.05, 4.69) is 10.3 Å². The molecule has 1 aromatic heterocycles. The van der Waals surface area contributed by atoms with Crippen molar-refractivity contribution in [3.63, 3.8) is 0 Å². The molecule has 31 heavy (non-hydrogen) atoms. The third-order valence-corrected chi connectivity index (χ3v) is 3.36. The molecule has 0 saturated carbocycles. The van der Waals surface area contributed by atoms with Gasteiger partial charge in [-0.2, -0.15) is 4.90 Å². The Morgan fingerprint density at radius 3 is 1.87 bits per heavy atom. The Kier molecular flexibility index (Phi) is 10.1. The molecule has 0 bridgehead atoms. The van der Waals surface area contributed by atoms with Crippen molar-refractivity contribution < 1.29 is 28.6 Å². The molecule has 1 N–H and O–H groups in total. The molecule has 0 fully saturated rings. The molecule has 0 radical (unpaired) electrons. The van der Waals surface area contributed by atoms with Crippen LogP contribution in [0.3, 0.4) is 0 Å². The maximum Gasteiger partial charge on any atom is 0.425 e. The number of amides is 3. The van der Waals surface area contributed by atoms with E-state index >= 15 is 0 Å². The van der Waals surface area contributed by atoms with Gasteiger partial charge in [0.15, 0.2) is 5.82 Å². The van der Waals surface area contributed by atoms with Crippen LogP contribution >= 0.6 is 69.6 Å². The van der Waals surface area contributed by atoms with Crippen molar-refractivity contribution in [2.45, 2.75) is 34.0 Å². The van der Waals surface area contributed by atoms with Crippen molar-refractivity contribution in [1.82, 2.24) is 4.98 Å². The first-order valence-corrected chi connectivity index (χ1v) is 10.5. The minimum absolute atomic E-state index is 0.132. The number of alkyl halides is 6. The van der Waals surface area contributed by atoms with Gasteiger partial charge in [-0.3, -0.25) is 5.32 Å². The zero-order valence-electron chi connectivity index (χ0n) is 16.3. The summed E-state index contributed by atoms with van der Waals surface area (Å²) in [5.41, 5.74) is -0.624. The van der Waals surface area contributed by atoms with Gasteiger partial charge >= 0.3 is 18.3 Å². The second-order valence-corrected chi connectivity index (χ2v) is 11.7. The van der Waals surface area contributed by atoms with E-state index in [0.29, 0.717) is 4.90 Å². The van der Waals surface area contributed by atoms with E-state index in [1.165, 1.54) is 12.3 Å². The number of nitrogens with zero attached hydrogens (tertiary/aromatic N) is 2. The normalized spacial score (nSPS) is 12.0. The summed E-state index contributed by atoms with van der Waals surface area (Å²) in [5.74, 6) is -0.308. The predicted octanol–water partition coefficient (Wildman–Crippen LogP) is 6.25. The van der Waals surface area contributed by atoms with Crippen molar-refractivity contribution in [2.24, 2.45) is 0 Å². The number of nitrogens with one attached hydrogen (secondary N) is 1. The van der Waals surface area contributed by atoms with Crippen LogP contribution in [0.1, 0.15) is 20.8 Å². The summed E-state index contributed by atoms with van der Waals surface area (Å²) in [4.78, 5) is 41.1. The Balaban J connectivity index is 3.12. The lowest BCUT2D eigenvalue weighted by Gasteiger charge is -2.22. The van der Waals surface area contributed by atoms with Crippen LogP contribution in [0.5, 0.6) is 0 Å². The highest BCUT2D eigenvalue weighted by Gasteiger charge is 2.33. The first kappa shape index (κ1) is 27.9. The largest absolute Gasteiger partial charge is 0.444 e. The second-order valence-electron chi connectivity index (χ2n) is 6.70. The molecule has 3 amide bonds. The predicted molar refractivity (Wildman–Crippen MR) is 120 cm³/mol. The minimum Gasteiger partial charge on any atom is -0.444 e. The number of carbonyl (C=O) groups excluding carboxylic acids is 3. The summed E-state index contributed by atoms with van der Waals surface area (Å²) in [6.45, 7) is 3.63. The van der Waals surface area contributed by atoms with Gasteiger partial charge in [0.1, 0.15) is 18.8 Å². The highest BCUT2D eigenvalue weighted by Crippen LogP contribution is 2.28. The molecule has 0 aliphatic carbocycles. The lowest BCUT2D eigenvalue weighted by Crippen LogP contribution is -2.40. The Morgan fingerprint density at radius 2 is 1.45 bits per heavy atom. The van der Waals surface area contributed by atoms with Gasteiger partial charge in [0, 0.05) is 18.0 Å². The number of halogens is 6. The topological polar surface area (TPSA) is 107 Å². The minimum atomic E-state index is -1.95. The van der Waals surface area contributed by atoms with E-state index in [1.54, 1.807) is 20.8 Å². The molecule has 0 aliphatic rings. The molecule has 1 rings (SSSR count). The summed E-state index contributed by atoms with van der Waals surface area (Å²) in [6, 6.07) is 2.54. The highest BCUT2D eigenvalue weighted by atomic mass is 35.6. The number of carbonyl (C=O) groups is 3. The number of aromatic nitrogens is 1. The molecule has 1 aromatic rings. The van der Waals surface area contributed by atoms with Gasteiger partial charge in [-0.1, -0.05) is 69.6 Å². The molecule has 9 nitrogen and oxygen atoms in total. The van der Waals surface area contributed by atoms with Gasteiger partial charge < -0.3 is 14.2 Å². The van der Waals surface area contributed by atoms with E-state index in [0.717, 1.165) is 6.07 Å². The van der Waals surface area contributed by atoms with E-state index < -0.39 is 44.7 Å². The van der Waals surface area contributed by atoms with Gasteiger partial charge in [0.25, 0.3) is 0 Å². The van der Waals surface area contributed by atoms with E-state index in [4.69, 9.17) is 83.8 Å². The Hall–Kier alpha value is -1.10. The van der Waals surface area contributed by atoms with E-state index in [1.807, 2.05) is 0 Å². The van der Waals surface area contributed by atoms with Gasteiger partial charge in [-0.15, -0.1) is 0 Å². The van der Waals surface area contributed by atoms with Crippen molar-refractivity contribution in [1.29, 1.82) is 0 Å². The fourth-order valence-corrected chi connectivity index (χ4v) is 2.05. The van der Waals surface area contributed by atoms with E-state index in [-0.39, 0.29) is 11.5 Å². The van der Waals surface area contributed by atoms with Crippen LogP contribution in [-0.2, 0) is 14.2 Å². The van der Waals surface area contributed by atoms with Crippen molar-refractivity contribution in [3.05, 3.63) is 18.3 Å². The van der Waals surface area contributed by atoms with Crippen LogP contribution in [0.4, 0.5) is 25.9 Å². The molecule has 0 atom stereocenters. The Labute approximate surface area is 208 Å². The number of rotatable bonds is 4. The van der Waals surface area contributed by atoms with Crippen molar-refractivity contribution in [2.75, 3.05) is 23.4 Å². The molecule has 0 saturated heterocycles. The summed E-state index contributed by atoms with van der Waals surface area (Å²) in [5, 5.41) is 2.43.